The molecule has 3 nitrogen and oxygen atoms in total. The summed E-state index contributed by atoms with van der Waals surface area (Å²) >= 11 is 12.1. The Morgan fingerprint density at radius 2 is 1.95 bits per heavy atom. The SMILES string of the molecule is CCOc1ccc(NCc2cccc(Cl)c2Cl)cc1CO. The summed E-state index contributed by atoms with van der Waals surface area (Å²) in [6.45, 7) is 2.97. The van der Waals surface area contributed by atoms with Crippen molar-refractivity contribution in [2.75, 3.05) is 11.9 Å². The van der Waals surface area contributed by atoms with Crippen molar-refractivity contribution in [1.29, 1.82) is 0 Å². The lowest BCUT2D eigenvalue weighted by Crippen LogP contribution is -2.02. The average Bonchev–Trinajstić information content (AvgIpc) is 2.50. The van der Waals surface area contributed by atoms with Gasteiger partial charge in [0.15, 0.2) is 0 Å². The van der Waals surface area contributed by atoms with E-state index in [1.165, 1.54) is 0 Å². The molecule has 5 heteroatoms. The number of aliphatic hydroxyl groups excluding tert-OH is 1. The lowest BCUT2D eigenvalue weighted by atomic mass is 10.1. The molecule has 0 saturated heterocycles. The summed E-state index contributed by atoms with van der Waals surface area (Å²) in [7, 11) is 0. The highest BCUT2D eigenvalue weighted by Gasteiger charge is 2.06. The van der Waals surface area contributed by atoms with Crippen LogP contribution in [-0.4, -0.2) is 11.7 Å². The molecule has 0 aliphatic heterocycles. The second-order valence-electron chi connectivity index (χ2n) is 4.48. The lowest BCUT2D eigenvalue weighted by molar-refractivity contribution is 0.267. The average molecular weight is 326 g/mol. The van der Waals surface area contributed by atoms with Crippen molar-refractivity contribution in [2.24, 2.45) is 0 Å². The molecule has 2 aromatic carbocycles. The second-order valence-corrected chi connectivity index (χ2v) is 5.27. The molecule has 0 bridgehead atoms. The van der Waals surface area contributed by atoms with Gasteiger partial charge in [-0.05, 0) is 36.8 Å². The maximum Gasteiger partial charge on any atom is 0.124 e. The van der Waals surface area contributed by atoms with E-state index in [9.17, 15) is 5.11 Å². The standard InChI is InChI=1S/C16H17Cl2NO2/c1-2-21-15-7-6-13(8-12(15)10-20)19-9-11-4-3-5-14(17)16(11)18/h3-8,19-20H,2,9-10H2,1H3. The van der Waals surface area contributed by atoms with Crippen molar-refractivity contribution in [2.45, 2.75) is 20.1 Å². The number of benzene rings is 2. The molecule has 0 aliphatic rings. The van der Waals surface area contributed by atoms with Gasteiger partial charge in [0, 0.05) is 17.8 Å². The van der Waals surface area contributed by atoms with E-state index in [-0.39, 0.29) is 6.61 Å². The molecular formula is C16H17Cl2NO2. The third kappa shape index (κ3) is 4.03. The van der Waals surface area contributed by atoms with Crippen LogP contribution in [0, 0.1) is 0 Å². The highest BCUT2D eigenvalue weighted by molar-refractivity contribution is 6.42. The summed E-state index contributed by atoms with van der Waals surface area (Å²) in [6.07, 6.45) is 0. The molecule has 0 spiro atoms. The van der Waals surface area contributed by atoms with E-state index >= 15 is 0 Å². The smallest absolute Gasteiger partial charge is 0.124 e. The Hall–Kier alpha value is -1.42. The normalized spacial score (nSPS) is 10.5. The maximum absolute atomic E-state index is 9.39. The van der Waals surface area contributed by atoms with Gasteiger partial charge in [0.05, 0.1) is 23.3 Å². The first kappa shape index (κ1) is 16.0. The van der Waals surface area contributed by atoms with E-state index in [0.29, 0.717) is 28.9 Å². The first-order chi connectivity index (χ1) is 10.2. The fourth-order valence-corrected chi connectivity index (χ4v) is 2.38. The van der Waals surface area contributed by atoms with Crippen molar-refractivity contribution in [1.82, 2.24) is 0 Å². The summed E-state index contributed by atoms with van der Waals surface area (Å²) in [5.41, 5.74) is 2.56. The highest BCUT2D eigenvalue weighted by Crippen LogP contribution is 2.27. The quantitative estimate of drug-likeness (QED) is 0.821. The fraction of sp³-hybridized carbons (Fsp3) is 0.250. The van der Waals surface area contributed by atoms with Crippen LogP contribution < -0.4 is 10.1 Å². The predicted octanol–water partition coefficient (Wildman–Crippen LogP) is 4.50. The van der Waals surface area contributed by atoms with Crippen molar-refractivity contribution in [3.63, 3.8) is 0 Å². The van der Waals surface area contributed by atoms with E-state index in [2.05, 4.69) is 5.32 Å². The third-order valence-electron chi connectivity index (χ3n) is 3.05. The molecule has 0 unspecified atom stereocenters. The van der Waals surface area contributed by atoms with E-state index in [0.717, 1.165) is 16.8 Å². The largest absolute Gasteiger partial charge is 0.494 e. The minimum absolute atomic E-state index is 0.0667. The predicted molar refractivity (Wildman–Crippen MR) is 87.3 cm³/mol. The number of rotatable bonds is 6. The molecule has 0 atom stereocenters. The van der Waals surface area contributed by atoms with E-state index in [4.69, 9.17) is 27.9 Å². The lowest BCUT2D eigenvalue weighted by Gasteiger charge is -2.13. The van der Waals surface area contributed by atoms with Gasteiger partial charge in [-0.15, -0.1) is 0 Å². The number of halogens is 2. The van der Waals surface area contributed by atoms with Crippen LogP contribution >= 0.6 is 23.2 Å². The van der Waals surface area contributed by atoms with Crippen molar-refractivity contribution in [3.8, 4) is 5.75 Å². The monoisotopic (exact) mass is 325 g/mol. The van der Waals surface area contributed by atoms with Crippen LogP contribution in [0.4, 0.5) is 5.69 Å². The number of hydrogen-bond acceptors (Lipinski definition) is 3. The molecule has 0 heterocycles. The maximum atomic E-state index is 9.39. The summed E-state index contributed by atoms with van der Waals surface area (Å²) < 4.78 is 5.45. The third-order valence-corrected chi connectivity index (χ3v) is 3.90. The molecule has 2 aromatic rings. The van der Waals surface area contributed by atoms with Gasteiger partial charge in [-0.1, -0.05) is 35.3 Å². The fourth-order valence-electron chi connectivity index (χ4n) is 1.99. The van der Waals surface area contributed by atoms with Gasteiger partial charge in [0.1, 0.15) is 5.75 Å². The summed E-state index contributed by atoms with van der Waals surface area (Å²) in [6, 6.07) is 11.2. The zero-order valence-electron chi connectivity index (χ0n) is 11.7. The van der Waals surface area contributed by atoms with Gasteiger partial charge >= 0.3 is 0 Å². The Morgan fingerprint density at radius 3 is 2.67 bits per heavy atom. The van der Waals surface area contributed by atoms with Crippen LogP contribution in [0.1, 0.15) is 18.1 Å². The van der Waals surface area contributed by atoms with Crippen LogP contribution in [-0.2, 0) is 13.2 Å². The molecule has 21 heavy (non-hydrogen) atoms. The van der Waals surface area contributed by atoms with Crippen LogP contribution in [0.5, 0.6) is 5.75 Å². The molecule has 2 rings (SSSR count). The molecule has 0 saturated carbocycles. The van der Waals surface area contributed by atoms with Gasteiger partial charge in [-0.2, -0.15) is 0 Å². The Labute approximate surface area is 134 Å². The minimum Gasteiger partial charge on any atom is -0.494 e. The molecule has 2 N–H and O–H groups in total. The van der Waals surface area contributed by atoms with Gasteiger partial charge < -0.3 is 15.2 Å². The zero-order valence-corrected chi connectivity index (χ0v) is 13.2. The number of hydrogen-bond donors (Lipinski definition) is 2. The minimum atomic E-state index is -0.0667. The number of aliphatic hydroxyl groups is 1. The van der Waals surface area contributed by atoms with E-state index in [1.54, 1.807) is 6.07 Å². The summed E-state index contributed by atoms with van der Waals surface area (Å²) in [5.74, 6) is 0.700. The van der Waals surface area contributed by atoms with Gasteiger partial charge in [-0.25, -0.2) is 0 Å². The molecule has 0 aromatic heterocycles. The van der Waals surface area contributed by atoms with Crippen LogP contribution in [0.15, 0.2) is 36.4 Å². The number of ether oxygens (including phenoxy) is 1. The second kappa shape index (κ2) is 7.55. The van der Waals surface area contributed by atoms with Crippen molar-refractivity contribution >= 4 is 28.9 Å². The van der Waals surface area contributed by atoms with Crippen molar-refractivity contribution < 1.29 is 9.84 Å². The van der Waals surface area contributed by atoms with Gasteiger partial charge in [-0.3, -0.25) is 0 Å². The topological polar surface area (TPSA) is 41.5 Å². The highest BCUT2D eigenvalue weighted by atomic mass is 35.5. The summed E-state index contributed by atoms with van der Waals surface area (Å²) in [5, 5.41) is 13.7. The zero-order chi connectivity index (χ0) is 15.2. The molecule has 0 aliphatic carbocycles. The first-order valence-electron chi connectivity index (χ1n) is 6.69. The van der Waals surface area contributed by atoms with Crippen molar-refractivity contribution in [3.05, 3.63) is 57.6 Å². The van der Waals surface area contributed by atoms with E-state index in [1.807, 2.05) is 37.3 Å². The Balaban J connectivity index is 2.11. The number of anilines is 1. The molecular weight excluding hydrogens is 309 g/mol. The number of nitrogens with one attached hydrogen (secondary N) is 1. The molecule has 0 amide bonds. The van der Waals surface area contributed by atoms with Crippen LogP contribution in [0.3, 0.4) is 0 Å². The Bertz CT molecular complexity index is 617. The summed E-state index contributed by atoms with van der Waals surface area (Å²) in [4.78, 5) is 0. The van der Waals surface area contributed by atoms with Gasteiger partial charge in [0.25, 0.3) is 0 Å². The van der Waals surface area contributed by atoms with E-state index < -0.39 is 0 Å². The van der Waals surface area contributed by atoms with Crippen LogP contribution in [0.25, 0.3) is 0 Å². The Kier molecular flexibility index (Phi) is 5.74. The van der Waals surface area contributed by atoms with Gasteiger partial charge in [0.2, 0.25) is 0 Å². The molecule has 112 valence electrons. The van der Waals surface area contributed by atoms with Crippen LogP contribution in [0.2, 0.25) is 10.0 Å². The first-order valence-corrected chi connectivity index (χ1v) is 7.44. The molecule has 0 fully saturated rings. The Morgan fingerprint density at radius 1 is 1.14 bits per heavy atom. The molecule has 0 radical (unpaired) electrons.